The Hall–Kier alpha value is -1.52. The smallest absolute Gasteiger partial charge is 0.336 e. The molecular formula is C6H5N3O2S. The number of rotatable bonds is 2. The van der Waals surface area contributed by atoms with Crippen LogP contribution in [0.15, 0.2) is 11.2 Å². The van der Waals surface area contributed by atoms with Gasteiger partial charge in [0, 0.05) is 9.79 Å². The Bertz CT molecular complexity index is 365. The number of aromatic carboxylic acids is 1. The lowest BCUT2D eigenvalue weighted by molar-refractivity contribution is 0.0697. The third kappa shape index (κ3) is 1.55. The van der Waals surface area contributed by atoms with E-state index in [1.54, 1.807) is 6.92 Å². The molecule has 1 heterocycles. The first kappa shape index (κ1) is 8.58. The van der Waals surface area contributed by atoms with Crippen molar-refractivity contribution in [1.29, 1.82) is 0 Å². The fourth-order valence-corrected chi connectivity index (χ4v) is 1.60. The van der Waals surface area contributed by atoms with Crippen LogP contribution >= 0.6 is 11.3 Å². The Labute approximate surface area is 71.9 Å². The number of nitrogens with zero attached hydrogens (tertiary/aromatic N) is 3. The van der Waals surface area contributed by atoms with Crippen LogP contribution in [-0.4, -0.2) is 11.1 Å². The molecule has 5 nitrogen and oxygen atoms in total. The quantitative estimate of drug-likeness (QED) is 0.434. The molecule has 0 saturated carbocycles. The molecule has 0 aliphatic carbocycles. The largest absolute Gasteiger partial charge is 0.478 e. The van der Waals surface area contributed by atoms with Crippen molar-refractivity contribution < 1.29 is 9.90 Å². The van der Waals surface area contributed by atoms with Gasteiger partial charge in [-0.25, -0.2) is 4.79 Å². The molecular weight excluding hydrogens is 178 g/mol. The molecule has 1 aromatic rings. The summed E-state index contributed by atoms with van der Waals surface area (Å²) in [7, 11) is 0. The highest BCUT2D eigenvalue weighted by Crippen LogP contribution is 2.28. The third-order valence-electron chi connectivity index (χ3n) is 1.28. The van der Waals surface area contributed by atoms with Crippen LogP contribution in [0.3, 0.4) is 0 Å². The van der Waals surface area contributed by atoms with Crippen molar-refractivity contribution in [2.45, 2.75) is 6.92 Å². The molecule has 6 heteroatoms. The van der Waals surface area contributed by atoms with Crippen LogP contribution in [0.2, 0.25) is 0 Å². The van der Waals surface area contributed by atoms with Gasteiger partial charge in [-0.05, 0) is 23.6 Å². The van der Waals surface area contributed by atoms with E-state index >= 15 is 0 Å². The number of aryl methyl sites for hydroxylation is 1. The van der Waals surface area contributed by atoms with Gasteiger partial charge >= 0.3 is 5.97 Å². The van der Waals surface area contributed by atoms with Gasteiger partial charge in [-0.2, -0.15) is 0 Å². The standard InChI is InChI=1S/C6H5N3O2S/c1-3-4(6(10)11)2-5(12-3)8-9-7/h2H,1H3,(H,10,11). The fourth-order valence-electron chi connectivity index (χ4n) is 0.772. The second-order valence-electron chi connectivity index (χ2n) is 2.05. The van der Waals surface area contributed by atoms with Crippen molar-refractivity contribution in [2.75, 3.05) is 0 Å². The molecule has 0 aromatic carbocycles. The van der Waals surface area contributed by atoms with Crippen LogP contribution in [0.4, 0.5) is 5.00 Å². The van der Waals surface area contributed by atoms with Gasteiger partial charge < -0.3 is 5.11 Å². The van der Waals surface area contributed by atoms with Gasteiger partial charge in [-0.15, -0.1) is 11.3 Å². The van der Waals surface area contributed by atoms with E-state index in [-0.39, 0.29) is 5.56 Å². The van der Waals surface area contributed by atoms with Crippen molar-refractivity contribution in [3.05, 3.63) is 26.9 Å². The molecule has 1 aromatic heterocycles. The monoisotopic (exact) mass is 183 g/mol. The highest BCUT2D eigenvalue weighted by atomic mass is 32.1. The molecule has 0 saturated heterocycles. The maximum atomic E-state index is 10.5. The summed E-state index contributed by atoms with van der Waals surface area (Å²) in [5, 5.41) is 12.3. The Morgan fingerprint density at radius 1 is 1.83 bits per heavy atom. The minimum Gasteiger partial charge on any atom is -0.478 e. The summed E-state index contributed by atoms with van der Waals surface area (Å²) in [4.78, 5) is 13.7. The van der Waals surface area contributed by atoms with E-state index in [1.165, 1.54) is 17.4 Å². The summed E-state index contributed by atoms with van der Waals surface area (Å²) in [6.45, 7) is 1.67. The summed E-state index contributed by atoms with van der Waals surface area (Å²) in [6, 6.07) is 1.36. The van der Waals surface area contributed by atoms with Gasteiger partial charge in [0.15, 0.2) is 0 Å². The lowest BCUT2D eigenvalue weighted by atomic mass is 10.3. The summed E-state index contributed by atoms with van der Waals surface area (Å²) in [5.74, 6) is -0.997. The molecule has 0 aliphatic heterocycles. The summed E-state index contributed by atoms with van der Waals surface area (Å²) in [6.07, 6.45) is 0. The molecule has 0 radical (unpaired) electrons. The van der Waals surface area contributed by atoms with Crippen molar-refractivity contribution in [2.24, 2.45) is 5.11 Å². The van der Waals surface area contributed by atoms with E-state index in [9.17, 15) is 4.79 Å². The Morgan fingerprint density at radius 3 is 2.92 bits per heavy atom. The van der Waals surface area contributed by atoms with Gasteiger partial charge in [0.25, 0.3) is 0 Å². The van der Waals surface area contributed by atoms with Gasteiger partial charge in [-0.3, -0.25) is 0 Å². The molecule has 0 atom stereocenters. The van der Waals surface area contributed by atoms with Gasteiger partial charge in [0.2, 0.25) is 0 Å². The first-order valence-electron chi connectivity index (χ1n) is 3.04. The van der Waals surface area contributed by atoms with Gasteiger partial charge in [0.05, 0.1) is 10.6 Å². The van der Waals surface area contributed by atoms with Crippen LogP contribution in [0.25, 0.3) is 10.4 Å². The first-order valence-corrected chi connectivity index (χ1v) is 3.85. The van der Waals surface area contributed by atoms with E-state index in [0.29, 0.717) is 9.88 Å². The second-order valence-corrected chi connectivity index (χ2v) is 3.28. The average Bonchev–Trinajstić information content (AvgIpc) is 2.32. The maximum absolute atomic E-state index is 10.5. The zero-order valence-electron chi connectivity index (χ0n) is 6.18. The summed E-state index contributed by atoms with van der Waals surface area (Å²) in [5.41, 5.74) is 8.27. The highest BCUT2D eigenvalue weighted by molar-refractivity contribution is 7.16. The Balaban J connectivity index is 3.16. The lowest BCUT2D eigenvalue weighted by Gasteiger charge is -1.86. The normalized spacial score (nSPS) is 9.08. The Kier molecular flexibility index (Phi) is 2.32. The Morgan fingerprint density at radius 2 is 2.50 bits per heavy atom. The molecule has 1 rings (SSSR count). The molecule has 0 spiro atoms. The van der Waals surface area contributed by atoms with Crippen LogP contribution < -0.4 is 0 Å². The fraction of sp³-hybridized carbons (Fsp3) is 0.167. The molecule has 0 unspecified atom stereocenters. The van der Waals surface area contributed by atoms with Crippen LogP contribution in [0.5, 0.6) is 0 Å². The van der Waals surface area contributed by atoms with E-state index in [0.717, 1.165) is 0 Å². The second kappa shape index (κ2) is 3.25. The van der Waals surface area contributed by atoms with Crippen molar-refractivity contribution in [3.63, 3.8) is 0 Å². The van der Waals surface area contributed by atoms with E-state index in [2.05, 4.69) is 10.0 Å². The number of carboxylic acid groups (broad SMARTS) is 1. The first-order chi connectivity index (χ1) is 5.65. The van der Waals surface area contributed by atoms with Crippen molar-refractivity contribution >= 4 is 22.3 Å². The van der Waals surface area contributed by atoms with E-state index < -0.39 is 5.97 Å². The van der Waals surface area contributed by atoms with Crippen LogP contribution in [0.1, 0.15) is 15.2 Å². The zero-order chi connectivity index (χ0) is 9.14. The predicted octanol–water partition coefficient (Wildman–Crippen LogP) is 2.70. The lowest BCUT2D eigenvalue weighted by Crippen LogP contribution is -1.94. The van der Waals surface area contributed by atoms with E-state index in [4.69, 9.17) is 10.6 Å². The number of azide groups is 1. The predicted molar refractivity (Wildman–Crippen MR) is 44.8 cm³/mol. The van der Waals surface area contributed by atoms with Crippen LogP contribution in [0, 0.1) is 6.92 Å². The molecule has 0 fully saturated rings. The third-order valence-corrected chi connectivity index (χ3v) is 2.21. The number of carboxylic acids is 1. The minimum atomic E-state index is -0.997. The molecule has 62 valence electrons. The molecule has 12 heavy (non-hydrogen) atoms. The summed E-state index contributed by atoms with van der Waals surface area (Å²) >= 11 is 1.17. The van der Waals surface area contributed by atoms with Gasteiger partial charge in [-0.1, -0.05) is 0 Å². The molecule has 0 amide bonds. The molecule has 1 N–H and O–H groups in total. The highest BCUT2D eigenvalue weighted by Gasteiger charge is 2.10. The number of hydrogen-bond donors (Lipinski definition) is 1. The van der Waals surface area contributed by atoms with Gasteiger partial charge in [0.1, 0.15) is 0 Å². The zero-order valence-corrected chi connectivity index (χ0v) is 7.00. The average molecular weight is 183 g/mol. The van der Waals surface area contributed by atoms with Crippen molar-refractivity contribution in [3.8, 4) is 0 Å². The SMILES string of the molecule is Cc1sc(N=[N+]=[N-])cc1C(=O)O. The molecule has 0 aliphatic rings. The topological polar surface area (TPSA) is 86.1 Å². The van der Waals surface area contributed by atoms with Crippen LogP contribution in [-0.2, 0) is 0 Å². The minimum absolute atomic E-state index is 0.197. The number of thiophene rings is 1. The number of hydrogen-bond acceptors (Lipinski definition) is 3. The summed E-state index contributed by atoms with van der Waals surface area (Å²) < 4.78 is 0. The van der Waals surface area contributed by atoms with Crippen molar-refractivity contribution in [1.82, 2.24) is 0 Å². The number of carbonyl (C=O) groups is 1. The van der Waals surface area contributed by atoms with E-state index in [1.807, 2.05) is 0 Å². The maximum Gasteiger partial charge on any atom is 0.336 e. The molecule has 0 bridgehead atoms.